The summed E-state index contributed by atoms with van der Waals surface area (Å²) in [6.07, 6.45) is 9.11. The molecule has 1 amide bonds. The molecule has 0 N–H and O–H groups in total. The Morgan fingerprint density at radius 1 is 1.14 bits per heavy atom. The average Bonchev–Trinajstić information content (AvgIpc) is 3.44. The van der Waals surface area contributed by atoms with Crippen LogP contribution in [0.1, 0.15) is 62.3 Å². The number of benzene rings is 1. The minimum Gasteiger partial charge on any atom is -0.496 e. The molecule has 1 saturated carbocycles. The number of nitrogens with zero attached hydrogens (tertiary/aromatic N) is 3. The molecule has 1 aromatic heterocycles. The van der Waals surface area contributed by atoms with Gasteiger partial charge < -0.3 is 9.64 Å². The van der Waals surface area contributed by atoms with Crippen molar-refractivity contribution in [2.45, 2.75) is 57.3 Å². The Balaban J connectivity index is 1.31. The minimum atomic E-state index is 0.345. The number of hydrogen-bond acceptors (Lipinski definition) is 5. The van der Waals surface area contributed by atoms with Crippen LogP contribution in [0.15, 0.2) is 24.3 Å². The van der Waals surface area contributed by atoms with Crippen molar-refractivity contribution in [3.05, 3.63) is 29.3 Å². The van der Waals surface area contributed by atoms with Crippen molar-refractivity contribution in [2.24, 2.45) is 5.92 Å². The van der Waals surface area contributed by atoms with Gasteiger partial charge in [-0.15, -0.1) is 10.2 Å². The fraction of sp³-hybridized carbons (Fsp3) is 0.591. The minimum absolute atomic E-state index is 0.345. The maximum Gasteiger partial charge on any atom is 0.222 e. The van der Waals surface area contributed by atoms with Gasteiger partial charge >= 0.3 is 0 Å². The molecule has 0 radical (unpaired) electrons. The number of piperidine rings is 1. The molecule has 0 atom stereocenters. The first kappa shape index (κ1) is 19.4. The smallest absolute Gasteiger partial charge is 0.222 e. The third kappa shape index (κ3) is 4.37. The maximum absolute atomic E-state index is 12.5. The second kappa shape index (κ2) is 9.03. The van der Waals surface area contributed by atoms with Crippen LogP contribution in [0.5, 0.6) is 5.75 Å². The molecule has 2 aliphatic rings. The van der Waals surface area contributed by atoms with Crippen molar-refractivity contribution in [2.75, 3.05) is 20.2 Å². The van der Waals surface area contributed by atoms with Crippen LogP contribution in [-0.2, 0) is 4.79 Å². The molecule has 1 aliphatic carbocycles. The van der Waals surface area contributed by atoms with Crippen molar-refractivity contribution in [1.82, 2.24) is 15.1 Å². The molecule has 2 aromatic rings. The predicted octanol–water partition coefficient (Wildman–Crippen LogP) is 4.89. The van der Waals surface area contributed by atoms with Crippen LogP contribution in [0.25, 0.3) is 10.6 Å². The molecule has 4 rings (SSSR count). The van der Waals surface area contributed by atoms with Crippen LogP contribution in [0.4, 0.5) is 0 Å². The van der Waals surface area contributed by atoms with Crippen LogP contribution < -0.4 is 4.74 Å². The summed E-state index contributed by atoms with van der Waals surface area (Å²) in [6, 6.07) is 7.93. The van der Waals surface area contributed by atoms with Crippen molar-refractivity contribution in [1.29, 1.82) is 0 Å². The van der Waals surface area contributed by atoms with Gasteiger partial charge in [-0.05, 0) is 37.3 Å². The van der Waals surface area contributed by atoms with Crippen molar-refractivity contribution >= 4 is 17.2 Å². The monoisotopic (exact) mass is 399 g/mol. The largest absolute Gasteiger partial charge is 0.496 e. The zero-order valence-corrected chi connectivity index (χ0v) is 17.4. The SMILES string of the molecule is COc1ccccc1-c1nnc(C2CCN(C(=O)CCC3CCCC3)CC2)s1. The number of rotatable bonds is 6. The lowest BCUT2D eigenvalue weighted by Gasteiger charge is -2.31. The molecule has 1 aliphatic heterocycles. The summed E-state index contributed by atoms with van der Waals surface area (Å²) in [5.74, 6) is 2.36. The van der Waals surface area contributed by atoms with E-state index in [1.165, 1.54) is 25.7 Å². The summed E-state index contributed by atoms with van der Waals surface area (Å²) in [5.41, 5.74) is 0.994. The molecule has 2 fully saturated rings. The zero-order valence-electron chi connectivity index (χ0n) is 16.6. The van der Waals surface area contributed by atoms with E-state index in [1.54, 1.807) is 18.4 Å². The molecule has 28 heavy (non-hydrogen) atoms. The van der Waals surface area contributed by atoms with E-state index in [9.17, 15) is 4.79 Å². The van der Waals surface area contributed by atoms with Crippen molar-refractivity contribution in [3.8, 4) is 16.3 Å². The van der Waals surface area contributed by atoms with E-state index in [4.69, 9.17) is 4.74 Å². The molecule has 0 spiro atoms. The summed E-state index contributed by atoms with van der Waals surface area (Å²) in [6.45, 7) is 1.69. The second-order valence-electron chi connectivity index (χ2n) is 7.99. The lowest BCUT2D eigenvalue weighted by atomic mass is 9.96. The fourth-order valence-corrected chi connectivity index (χ4v) is 5.53. The molecule has 6 heteroatoms. The van der Waals surface area contributed by atoms with Gasteiger partial charge in [0.1, 0.15) is 10.8 Å². The highest BCUT2D eigenvalue weighted by Crippen LogP contribution is 2.37. The Hall–Kier alpha value is -1.95. The third-order valence-corrected chi connectivity index (χ3v) is 7.34. The van der Waals surface area contributed by atoms with Gasteiger partial charge in [0, 0.05) is 25.4 Å². The summed E-state index contributed by atoms with van der Waals surface area (Å²) >= 11 is 1.65. The first-order chi connectivity index (χ1) is 13.7. The molecule has 150 valence electrons. The van der Waals surface area contributed by atoms with Crippen LogP contribution >= 0.6 is 11.3 Å². The van der Waals surface area contributed by atoms with E-state index >= 15 is 0 Å². The lowest BCUT2D eigenvalue weighted by molar-refractivity contribution is -0.132. The Labute approximate surface area is 171 Å². The fourth-order valence-electron chi connectivity index (χ4n) is 4.49. The topological polar surface area (TPSA) is 55.3 Å². The number of ether oxygens (including phenoxy) is 1. The number of likely N-dealkylation sites (tertiary alicyclic amines) is 1. The number of amides is 1. The Kier molecular flexibility index (Phi) is 6.25. The molecule has 0 bridgehead atoms. The second-order valence-corrected chi connectivity index (χ2v) is 9.00. The van der Waals surface area contributed by atoms with Gasteiger partial charge in [0.2, 0.25) is 5.91 Å². The highest BCUT2D eigenvalue weighted by atomic mass is 32.1. The molecule has 2 heterocycles. The number of hydrogen-bond donors (Lipinski definition) is 0. The maximum atomic E-state index is 12.5. The summed E-state index contributed by atoms with van der Waals surface area (Å²) in [7, 11) is 1.68. The van der Waals surface area contributed by atoms with Gasteiger partial charge in [0.25, 0.3) is 0 Å². The molecule has 1 saturated heterocycles. The van der Waals surface area contributed by atoms with Crippen LogP contribution in [0.2, 0.25) is 0 Å². The van der Waals surface area contributed by atoms with E-state index in [0.29, 0.717) is 11.8 Å². The van der Waals surface area contributed by atoms with Crippen LogP contribution in [0, 0.1) is 5.92 Å². The lowest BCUT2D eigenvalue weighted by Crippen LogP contribution is -2.37. The highest BCUT2D eigenvalue weighted by molar-refractivity contribution is 7.14. The summed E-state index contributed by atoms with van der Waals surface area (Å²) < 4.78 is 5.45. The van der Waals surface area contributed by atoms with E-state index in [1.807, 2.05) is 24.3 Å². The Morgan fingerprint density at radius 3 is 2.64 bits per heavy atom. The van der Waals surface area contributed by atoms with E-state index in [2.05, 4.69) is 15.1 Å². The summed E-state index contributed by atoms with van der Waals surface area (Å²) in [5, 5.41) is 10.9. The number of carbonyl (C=O) groups is 1. The van der Waals surface area contributed by atoms with Gasteiger partial charge in [-0.25, -0.2) is 0 Å². The standard InChI is InChI=1S/C22H29N3O2S/c1-27-19-9-5-4-8-18(19)22-24-23-21(28-22)17-12-14-25(15-13-17)20(26)11-10-16-6-2-3-7-16/h4-5,8-9,16-17H,2-3,6-7,10-15H2,1H3. The van der Waals surface area contributed by atoms with Gasteiger partial charge in [-0.1, -0.05) is 49.2 Å². The molecular weight excluding hydrogens is 370 g/mol. The quantitative estimate of drug-likeness (QED) is 0.694. The average molecular weight is 400 g/mol. The number of methoxy groups -OCH3 is 1. The molecular formula is C22H29N3O2S. The van der Waals surface area contributed by atoms with E-state index in [0.717, 1.165) is 66.0 Å². The predicted molar refractivity (Wildman–Crippen MR) is 112 cm³/mol. The van der Waals surface area contributed by atoms with Gasteiger partial charge in [-0.3, -0.25) is 4.79 Å². The van der Waals surface area contributed by atoms with Crippen LogP contribution in [0.3, 0.4) is 0 Å². The van der Waals surface area contributed by atoms with Crippen molar-refractivity contribution in [3.63, 3.8) is 0 Å². The molecule has 5 nitrogen and oxygen atoms in total. The molecule has 0 unspecified atom stereocenters. The Bertz CT molecular complexity index is 793. The van der Waals surface area contributed by atoms with Crippen molar-refractivity contribution < 1.29 is 9.53 Å². The van der Waals surface area contributed by atoms with Gasteiger partial charge in [0.05, 0.1) is 12.7 Å². The van der Waals surface area contributed by atoms with E-state index < -0.39 is 0 Å². The third-order valence-electron chi connectivity index (χ3n) is 6.22. The number of aromatic nitrogens is 2. The normalized spacial score (nSPS) is 18.5. The molecule has 1 aromatic carbocycles. The number of carbonyl (C=O) groups excluding carboxylic acids is 1. The first-order valence-electron chi connectivity index (χ1n) is 10.5. The highest BCUT2D eigenvalue weighted by Gasteiger charge is 2.27. The Morgan fingerprint density at radius 2 is 1.89 bits per heavy atom. The van der Waals surface area contributed by atoms with E-state index in [-0.39, 0.29) is 0 Å². The van der Waals surface area contributed by atoms with Gasteiger partial charge in [0.15, 0.2) is 5.01 Å². The zero-order chi connectivity index (χ0) is 19.3. The van der Waals surface area contributed by atoms with Crippen LogP contribution in [-0.4, -0.2) is 41.2 Å². The van der Waals surface area contributed by atoms with Gasteiger partial charge in [-0.2, -0.15) is 0 Å². The summed E-state index contributed by atoms with van der Waals surface area (Å²) in [4.78, 5) is 14.6. The number of para-hydroxylation sites is 1. The first-order valence-corrected chi connectivity index (χ1v) is 11.3.